The van der Waals surface area contributed by atoms with Crippen molar-refractivity contribution in [2.45, 2.75) is 6.92 Å². The monoisotopic (exact) mass is 524 g/mol. The number of hydrogen-bond acceptors (Lipinski definition) is 7. The number of aromatic nitrogens is 3. The summed E-state index contributed by atoms with van der Waals surface area (Å²) < 4.78 is 0. The summed E-state index contributed by atoms with van der Waals surface area (Å²) in [5.74, 6) is 0.776. The van der Waals surface area contributed by atoms with Gasteiger partial charge in [0.05, 0.1) is 5.69 Å². The summed E-state index contributed by atoms with van der Waals surface area (Å²) in [6.45, 7) is 5.12. The van der Waals surface area contributed by atoms with Gasteiger partial charge in [0.2, 0.25) is 5.95 Å². The van der Waals surface area contributed by atoms with E-state index in [1.165, 1.54) is 11.3 Å². The Labute approximate surface area is 217 Å². The van der Waals surface area contributed by atoms with E-state index in [1.54, 1.807) is 6.20 Å². The Morgan fingerprint density at radius 3 is 2.43 bits per heavy atom. The fraction of sp³-hybridized carbons (Fsp3) is 0.200. The maximum Gasteiger partial charge on any atom is 0.270 e. The molecule has 3 heterocycles. The topological polar surface area (TPSA) is 74.2 Å². The fourth-order valence-corrected chi connectivity index (χ4v) is 5.21. The predicted molar refractivity (Wildman–Crippen MR) is 143 cm³/mol. The quantitative estimate of drug-likeness (QED) is 0.355. The molecule has 0 saturated carbocycles. The Bertz CT molecular complexity index is 1350. The van der Waals surface area contributed by atoms with Crippen molar-refractivity contribution >= 4 is 57.9 Å². The number of carbonyl (C=O) groups is 1. The molecule has 2 aromatic carbocycles. The van der Waals surface area contributed by atoms with Crippen molar-refractivity contribution in [3.63, 3.8) is 0 Å². The minimum Gasteiger partial charge on any atom is -0.368 e. The first kappa shape index (κ1) is 23.5. The van der Waals surface area contributed by atoms with Gasteiger partial charge in [-0.05, 0) is 43.3 Å². The van der Waals surface area contributed by atoms with E-state index >= 15 is 0 Å². The van der Waals surface area contributed by atoms with Crippen molar-refractivity contribution in [2.75, 3.05) is 41.3 Å². The van der Waals surface area contributed by atoms with Crippen LogP contribution in [0.3, 0.4) is 0 Å². The number of rotatable bonds is 5. The smallest absolute Gasteiger partial charge is 0.270 e. The highest BCUT2D eigenvalue weighted by atomic mass is 35.5. The van der Waals surface area contributed by atoms with Gasteiger partial charge in [-0.3, -0.25) is 10.1 Å². The number of amides is 1. The molecule has 4 aromatic rings. The number of aryl methyl sites for hydroxylation is 1. The van der Waals surface area contributed by atoms with E-state index in [2.05, 4.69) is 36.1 Å². The normalized spacial score (nSPS) is 13.7. The summed E-state index contributed by atoms with van der Waals surface area (Å²) in [6.07, 6.45) is 1.67. The lowest BCUT2D eigenvalue weighted by Gasteiger charge is -2.36. The number of piperazine rings is 1. The summed E-state index contributed by atoms with van der Waals surface area (Å²) in [6, 6.07) is 17.2. The van der Waals surface area contributed by atoms with Crippen molar-refractivity contribution in [1.29, 1.82) is 0 Å². The average Bonchev–Trinajstić information content (AvgIpc) is 3.26. The van der Waals surface area contributed by atoms with E-state index in [4.69, 9.17) is 23.2 Å². The van der Waals surface area contributed by atoms with Gasteiger partial charge in [-0.15, -0.1) is 11.3 Å². The third-order valence-electron chi connectivity index (χ3n) is 5.74. The molecule has 10 heteroatoms. The van der Waals surface area contributed by atoms with E-state index in [-0.39, 0.29) is 11.9 Å². The number of thiazole rings is 1. The van der Waals surface area contributed by atoms with Gasteiger partial charge in [-0.25, -0.2) is 9.97 Å². The molecular formula is C25H22Cl2N6OS. The van der Waals surface area contributed by atoms with Crippen molar-refractivity contribution in [3.8, 4) is 10.6 Å². The second kappa shape index (κ2) is 10.2. The molecule has 178 valence electrons. The van der Waals surface area contributed by atoms with E-state index in [0.717, 1.165) is 53.3 Å². The van der Waals surface area contributed by atoms with Gasteiger partial charge in [0.15, 0.2) is 0 Å². The minimum atomic E-state index is -0.275. The van der Waals surface area contributed by atoms with Gasteiger partial charge < -0.3 is 9.80 Å². The van der Waals surface area contributed by atoms with E-state index in [0.29, 0.717) is 15.6 Å². The highest BCUT2D eigenvalue weighted by Gasteiger charge is 2.21. The lowest BCUT2D eigenvalue weighted by Crippen LogP contribution is -2.46. The summed E-state index contributed by atoms with van der Waals surface area (Å²) >= 11 is 13.5. The van der Waals surface area contributed by atoms with Crippen LogP contribution in [0.5, 0.6) is 0 Å². The molecule has 0 bridgehead atoms. The summed E-state index contributed by atoms with van der Waals surface area (Å²) in [5.41, 5.74) is 2.69. The molecule has 1 N–H and O–H groups in total. The van der Waals surface area contributed by atoms with Gasteiger partial charge >= 0.3 is 0 Å². The highest BCUT2D eigenvalue weighted by Crippen LogP contribution is 2.29. The molecule has 1 saturated heterocycles. The van der Waals surface area contributed by atoms with Crippen LogP contribution in [0.1, 0.15) is 15.4 Å². The first-order chi connectivity index (χ1) is 17.0. The summed E-state index contributed by atoms with van der Waals surface area (Å²) in [4.78, 5) is 31.4. The average molecular weight is 525 g/mol. The van der Waals surface area contributed by atoms with Crippen LogP contribution in [-0.4, -0.2) is 47.0 Å². The number of halogens is 2. The zero-order chi connectivity index (χ0) is 24.4. The largest absolute Gasteiger partial charge is 0.368 e. The number of nitrogens with one attached hydrogen (secondary N) is 1. The standard InChI is InChI=1S/C25H22Cl2N6OS/c1-16-22(35-24(29-16)17-5-7-18(26)8-6-17)23(34)31-25-28-10-9-21(30-25)33-13-11-32(12-14-33)20-4-2-3-19(27)15-20/h2-10,15H,11-14H2,1H3,(H,28,30,31,34). The zero-order valence-corrected chi connectivity index (χ0v) is 21.2. The van der Waals surface area contributed by atoms with Crippen LogP contribution >= 0.6 is 34.5 Å². The van der Waals surface area contributed by atoms with Gasteiger partial charge in [0, 0.05) is 53.7 Å². The number of carbonyl (C=O) groups excluding carboxylic acids is 1. The highest BCUT2D eigenvalue weighted by molar-refractivity contribution is 7.17. The van der Waals surface area contributed by atoms with Gasteiger partial charge in [0.25, 0.3) is 5.91 Å². The molecule has 2 aromatic heterocycles. The zero-order valence-electron chi connectivity index (χ0n) is 18.9. The van der Waals surface area contributed by atoms with Crippen molar-refractivity contribution in [3.05, 3.63) is 81.4 Å². The van der Waals surface area contributed by atoms with E-state index < -0.39 is 0 Å². The van der Waals surface area contributed by atoms with Crippen LogP contribution in [0.15, 0.2) is 60.8 Å². The molecule has 0 aliphatic carbocycles. The van der Waals surface area contributed by atoms with Crippen LogP contribution < -0.4 is 15.1 Å². The number of nitrogens with zero attached hydrogens (tertiary/aromatic N) is 5. The second-order valence-electron chi connectivity index (χ2n) is 8.09. The van der Waals surface area contributed by atoms with Gasteiger partial charge in [-0.2, -0.15) is 4.98 Å². The SMILES string of the molecule is Cc1nc(-c2ccc(Cl)cc2)sc1C(=O)Nc1nccc(N2CCN(c3cccc(Cl)c3)CC2)n1. The maximum absolute atomic E-state index is 13.0. The molecule has 1 aliphatic heterocycles. The third-order valence-corrected chi connectivity index (χ3v) is 7.43. The summed E-state index contributed by atoms with van der Waals surface area (Å²) in [5, 5.41) is 4.98. The van der Waals surface area contributed by atoms with Crippen LogP contribution in [0.4, 0.5) is 17.5 Å². The van der Waals surface area contributed by atoms with Crippen LogP contribution in [0.2, 0.25) is 10.0 Å². The molecule has 0 atom stereocenters. The Balaban J connectivity index is 1.25. The lowest BCUT2D eigenvalue weighted by atomic mass is 10.2. The number of benzene rings is 2. The number of anilines is 3. The molecule has 1 aliphatic rings. The molecule has 0 unspecified atom stereocenters. The number of hydrogen-bond donors (Lipinski definition) is 1. The summed E-state index contributed by atoms with van der Waals surface area (Å²) in [7, 11) is 0. The maximum atomic E-state index is 13.0. The molecule has 1 amide bonds. The van der Waals surface area contributed by atoms with Crippen LogP contribution in [-0.2, 0) is 0 Å². The Morgan fingerprint density at radius 1 is 0.943 bits per heavy atom. The van der Waals surface area contributed by atoms with Crippen molar-refractivity contribution in [2.24, 2.45) is 0 Å². The molecule has 35 heavy (non-hydrogen) atoms. The molecule has 0 spiro atoms. The van der Waals surface area contributed by atoms with Crippen LogP contribution in [0, 0.1) is 6.92 Å². The molecule has 5 rings (SSSR count). The van der Waals surface area contributed by atoms with E-state index in [1.807, 2.05) is 55.5 Å². The van der Waals surface area contributed by atoms with Crippen LogP contribution in [0.25, 0.3) is 10.6 Å². The van der Waals surface area contributed by atoms with E-state index in [9.17, 15) is 4.79 Å². The van der Waals surface area contributed by atoms with Crippen molar-refractivity contribution < 1.29 is 4.79 Å². The lowest BCUT2D eigenvalue weighted by molar-refractivity contribution is 0.102. The predicted octanol–water partition coefficient (Wildman–Crippen LogP) is 5.79. The molecule has 7 nitrogen and oxygen atoms in total. The second-order valence-corrected chi connectivity index (χ2v) is 9.96. The Hall–Kier alpha value is -3.20. The first-order valence-electron chi connectivity index (χ1n) is 11.1. The molecule has 0 radical (unpaired) electrons. The van der Waals surface area contributed by atoms with Gasteiger partial charge in [0.1, 0.15) is 15.7 Å². The fourth-order valence-electron chi connectivity index (χ4n) is 3.93. The van der Waals surface area contributed by atoms with Crippen molar-refractivity contribution in [1.82, 2.24) is 15.0 Å². The molecular weight excluding hydrogens is 503 g/mol. The third kappa shape index (κ3) is 5.40. The Kier molecular flexibility index (Phi) is 6.86. The first-order valence-corrected chi connectivity index (χ1v) is 12.7. The molecule has 1 fully saturated rings. The van der Waals surface area contributed by atoms with Gasteiger partial charge in [-0.1, -0.05) is 41.4 Å². The Morgan fingerprint density at radius 2 is 1.69 bits per heavy atom. The minimum absolute atomic E-state index is 0.269.